The highest BCUT2D eigenvalue weighted by Crippen LogP contribution is 2.35. The van der Waals surface area contributed by atoms with Crippen molar-refractivity contribution in [2.24, 2.45) is 0 Å². The predicted molar refractivity (Wildman–Crippen MR) is 69.8 cm³/mol. The number of halogens is 2. The van der Waals surface area contributed by atoms with E-state index < -0.39 is 15.6 Å². The molecule has 0 atom stereocenters. The van der Waals surface area contributed by atoms with E-state index in [1.807, 2.05) is 0 Å². The van der Waals surface area contributed by atoms with Gasteiger partial charge in [-0.2, -0.15) is 0 Å². The summed E-state index contributed by atoms with van der Waals surface area (Å²) in [6.45, 7) is 5.42. The average molecular weight is 377 g/mol. The molecular formula is C8H11Br2NO2S2. The molecule has 86 valence electrons. The van der Waals surface area contributed by atoms with Crippen LogP contribution in [-0.2, 0) is 10.0 Å². The third kappa shape index (κ3) is 3.81. The first-order chi connectivity index (χ1) is 6.62. The SMILES string of the molecule is CC(C)(C)NS(=O)(=O)c1cc(Br)sc1Br. The average Bonchev–Trinajstić information content (AvgIpc) is 2.24. The second-order valence-electron chi connectivity index (χ2n) is 4.04. The second kappa shape index (κ2) is 4.44. The molecule has 0 spiro atoms. The summed E-state index contributed by atoms with van der Waals surface area (Å²) in [5.74, 6) is 0. The van der Waals surface area contributed by atoms with Gasteiger partial charge in [0, 0.05) is 5.54 Å². The van der Waals surface area contributed by atoms with Gasteiger partial charge in [0.25, 0.3) is 0 Å². The molecule has 0 aliphatic rings. The zero-order valence-corrected chi connectivity index (χ0v) is 13.3. The number of rotatable bonds is 2. The van der Waals surface area contributed by atoms with Crippen LogP contribution < -0.4 is 4.72 Å². The van der Waals surface area contributed by atoms with E-state index in [9.17, 15) is 8.42 Å². The van der Waals surface area contributed by atoms with Crippen LogP contribution in [-0.4, -0.2) is 14.0 Å². The van der Waals surface area contributed by atoms with Gasteiger partial charge >= 0.3 is 0 Å². The van der Waals surface area contributed by atoms with E-state index in [-0.39, 0.29) is 4.90 Å². The van der Waals surface area contributed by atoms with Crippen LogP contribution in [0.25, 0.3) is 0 Å². The largest absolute Gasteiger partial charge is 0.243 e. The topological polar surface area (TPSA) is 46.2 Å². The Balaban J connectivity index is 3.13. The molecule has 1 N–H and O–H groups in total. The minimum absolute atomic E-state index is 0.273. The molecule has 3 nitrogen and oxygen atoms in total. The van der Waals surface area contributed by atoms with Crippen LogP contribution in [0.3, 0.4) is 0 Å². The maximum Gasteiger partial charge on any atom is 0.243 e. The number of sulfonamides is 1. The van der Waals surface area contributed by atoms with Crippen molar-refractivity contribution in [1.29, 1.82) is 0 Å². The second-order valence-corrected chi connectivity index (χ2v) is 9.44. The Morgan fingerprint density at radius 3 is 2.20 bits per heavy atom. The highest BCUT2D eigenvalue weighted by molar-refractivity contribution is 9.12. The van der Waals surface area contributed by atoms with Crippen molar-refractivity contribution in [3.63, 3.8) is 0 Å². The van der Waals surface area contributed by atoms with E-state index in [1.165, 1.54) is 11.3 Å². The Labute approximate surface area is 111 Å². The van der Waals surface area contributed by atoms with Crippen LogP contribution >= 0.6 is 43.2 Å². The number of thiophene rings is 1. The first kappa shape index (κ1) is 13.6. The van der Waals surface area contributed by atoms with Crippen molar-refractivity contribution in [3.8, 4) is 0 Å². The molecular weight excluding hydrogens is 366 g/mol. The highest BCUT2D eigenvalue weighted by atomic mass is 79.9. The fourth-order valence-corrected chi connectivity index (χ4v) is 6.20. The monoisotopic (exact) mass is 375 g/mol. The molecule has 0 aliphatic heterocycles. The maximum absolute atomic E-state index is 11.9. The normalized spacial score (nSPS) is 13.1. The molecule has 1 heterocycles. The van der Waals surface area contributed by atoms with Crippen molar-refractivity contribution in [2.45, 2.75) is 31.2 Å². The van der Waals surface area contributed by atoms with Crippen molar-refractivity contribution in [2.75, 3.05) is 0 Å². The molecule has 1 aromatic rings. The van der Waals surface area contributed by atoms with E-state index in [0.29, 0.717) is 3.79 Å². The lowest BCUT2D eigenvalue weighted by molar-refractivity contribution is 0.491. The standard InChI is InChI=1S/C8H11Br2NO2S2/c1-8(2,3)11-15(12,13)5-4-6(9)14-7(5)10/h4,11H,1-3H3. The molecule has 0 fully saturated rings. The van der Waals surface area contributed by atoms with Crippen molar-refractivity contribution in [1.82, 2.24) is 4.72 Å². The quantitative estimate of drug-likeness (QED) is 0.860. The van der Waals surface area contributed by atoms with Gasteiger partial charge < -0.3 is 0 Å². The van der Waals surface area contributed by atoms with Crippen LogP contribution in [0, 0.1) is 0 Å². The number of hydrogen-bond acceptors (Lipinski definition) is 3. The predicted octanol–water partition coefficient (Wildman–Crippen LogP) is 3.35. The van der Waals surface area contributed by atoms with Gasteiger partial charge in [0.1, 0.15) is 4.90 Å². The molecule has 15 heavy (non-hydrogen) atoms. The Hall–Kier alpha value is 0.570. The third-order valence-corrected chi connectivity index (χ3v) is 5.87. The van der Waals surface area contributed by atoms with Crippen LogP contribution in [0.15, 0.2) is 18.5 Å². The molecule has 1 aromatic heterocycles. The van der Waals surface area contributed by atoms with Gasteiger partial charge in [0.15, 0.2) is 0 Å². The zero-order chi connectivity index (χ0) is 11.9. The first-order valence-electron chi connectivity index (χ1n) is 4.11. The molecule has 0 unspecified atom stereocenters. The Kier molecular flexibility index (Phi) is 4.04. The smallest absolute Gasteiger partial charge is 0.207 e. The Morgan fingerprint density at radius 1 is 1.33 bits per heavy atom. The molecule has 0 aromatic carbocycles. The van der Waals surface area contributed by atoms with E-state index >= 15 is 0 Å². The molecule has 0 radical (unpaired) electrons. The van der Waals surface area contributed by atoms with E-state index in [0.717, 1.165) is 3.79 Å². The lowest BCUT2D eigenvalue weighted by Crippen LogP contribution is -2.40. The van der Waals surface area contributed by atoms with Gasteiger partial charge in [-0.3, -0.25) is 0 Å². The third-order valence-electron chi connectivity index (χ3n) is 1.36. The molecule has 0 aliphatic carbocycles. The van der Waals surface area contributed by atoms with E-state index in [1.54, 1.807) is 26.8 Å². The van der Waals surface area contributed by atoms with Crippen LogP contribution in [0.2, 0.25) is 0 Å². The van der Waals surface area contributed by atoms with Gasteiger partial charge in [-0.25, -0.2) is 13.1 Å². The van der Waals surface area contributed by atoms with Crippen LogP contribution in [0.1, 0.15) is 20.8 Å². The lowest BCUT2D eigenvalue weighted by Gasteiger charge is -2.19. The summed E-state index contributed by atoms with van der Waals surface area (Å²) in [4.78, 5) is 0.273. The summed E-state index contributed by atoms with van der Waals surface area (Å²) in [5.41, 5.74) is -0.479. The molecule has 0 saturated carbocycles. The van der Waals surface area contributed by atoms with Gasteiger partial charge in [-0.05, 0) is 58.7 Å². The molecule has 1 rings (SSSR count). The van der Waals surface area contributed by atoms with Crippen LogP contribution in [0.5, 0.6) is 0 Å². The minimum atomic E-state index is -3.44. The van der Waals surface area contributed by atoms with Gasteiger partial charge in [-0.1, -0.05) is 0 Å². The summed E-state index contributed by atoms with van der Waals surface area (Å²) < 4.78 is 27.8. The van der Waals surface area contributed by atoms with Crippen molar-refractivity contribution >= 4 is 53.2 Å². The Bertz CT molecular complexity index is 459. The fraction of sp³-hybridized carbons (Fsp3) is 0.500. The lowest BCUT2D eigenvalue weighted by atomic mass is 10.1. The summed E-state index contributed by atoms with van der Waals surface area (Å²) in [6.07, 6.45) is 0. The van der Waals surface area contributed by atoms with Gasteiger partial charge in [0.05, 0.1) is 7.57 Å². The van der Waals surface area contributed by atoms with Gasteiger partial charge in [0.2, 0.25) is 10.0 Å². The van der Waals surface area contributed by atoms with Gasteiger partial charge in [-0.15, -0.1) is 11.3 Å². The summed E-state index contributed by atoms with van der Waals surface area (Å²) >= 11 is 7.82. The number of hydrogen-bond donors (Lipinski definition) is 1. The summed E-state index contributed by atoms with van der Waals surface area (Å²) in [7, 11) is -3.44. The van der Waals surface area contributed by atoms with E-state index in [2.05, 4.69) is 36.6 Å². The van der Waals surface area contributed by atoms with Crippen LogP contribution in [0.4, 0.5) is 0 Å². The first-order valence-corrected chi connectivity index (χ1v) is 7.99. The maximum atomic E-state index is 11.9. The minimum Gasteiger partial charge on any atom is -0.207 e. The molecule has 0 saturated heterocycles. The fourth-order valence-electron chi connectivity index (χ4n) is 0.966. The highest BCUT2D eigenvalue weighted by Gasteiger charge is 2.25. The molecule has 0 amide bonds. The zero-order valence-electron chi connectivity index (χ0n) is 8.47. The summed E-state index contributed by atoms with van der Waals surface area (Å²) in [5, 5.41) is 0. The molecule has 7 heteroatoms. The Morgan fingerprint density at radius 2 is 1.87 bits per heavy atom. The molecule has 0 bridgehead atoms. The van der Waals surface area contributed by atoms with E-state index in [4.69, 9.17) is 0 Å². The summed E-state index contributed by atoms with van der Waals surface area (Å²) in [6, 6.07) is 1.59. The van der Waals surface area contributed by atoms with Crippen molar-refractivity contribution < 1.29 is 8.42 Å². The number of nitrogens with one attached hydrogen (secondary N) is 1. The van der Waals surface area contributed by atoms with Crippen molar-refractivity contribution in [3.05, 3.63) is 13.6 Å².